The third-order valence-corrected chi connectivity index (χ3v) is 9.53. The summed E-state index contributed by atoms with van der Waals surface area (Å²) < 4.78 is 6.03. The van der Waals surface area contributed by atoms with Gasteiger partial charge in [0.15, 0.2) is 0 Å². The zero-order valence-corrected chi connectivity index (χ0v) is 21.4. The van der Waals surface area contributed by atoms with Gasteiger partial charge in [0.1, 0.15) is 5.75 Å². The summed E-state index contributed by atoms with van der Waals surface area (Å²) in [5.74, 6) is 0.902. The minimum absolute atomic E-state index is 0.813. The van der Waals surface area contributed by atoms with Crippen LogP contribution >= 0.6 is 7.92 Å². The smallest absolute Gasteiger partial charge is 0.127 e. The van der Waals surface area contributed by atoms with E-state index in [0.29, 0.717) is 0 Å². The molecule has 0 aliphatic rings. The zero-order valence-electron chi connectivity index (χ0n) is 20.5. The summed E-state index contributed by atoms with van der Waals surface area (Å²) in [6.07, 6.45) is 0. The van der Waals surface area contributed by atoms with Crippen molar-refractivity contribution >= 4 is 45.4 Å². The van der Waals surface area contributed by atoms with Gasteiger partial charge >= 0.3 is 0 Å². The molecule has 0 radical (unpaired) electrons. The summed E-state index contributed by atoms with van der Waals surface area (Å²) >= 11 is 0. The van der Waals surface area contributed by atoms with Crippen LogP contribution in [0.4, 0.5) is 0 Å². The third-order valence-electron chi connectivity index (χ3n) is 6.88. The predicted octanol–water partition coefficient (Wildman–Crippen LogP) is 7.74. The normalized spacial score (nSPS) is 12.1. The fraction of sp³-hybridized carbons (Fsp3) is 0.0588. The molecule has 174 valence electrons. The van der Waals surface area contributed by atoms with Crippen molar-refractivity contribution in [1.82, 2.24) is 0 Å². The van der Waals surface area contributed by atoms with Gasteiger partial charge in [0.2, 0.25) is 0 Å². The molecule has 0 spiro atoms. The van der Waals surface area contributed by atoms with Crippen LogP contribution in [-0.2, 0) is 0 Å². The maximum absolute atomic E-state index is 6.03. The van der Waals surface area contributed by atoms with Crippen LogP contribution < -0.4 is 20.7 Å². The Bertz CT molecular complexity index is 1690. The Hall–Kier alpha value is -3.93. The maximum atomic E-state index is 6.03. The summed E-state index contributed by atoms with van der Waals surface area (Å²) in [6, 6.07) is 46.0. The first-order chi connectivity index (χ1) is 17.8. The molecular weight excluding hydrogens is 455 g/mol. The van der Waals surface area contributed by atoms with E-state index in [0.717, 1.165) is 5.75 Å². The monoisotopic (exact) mass is 482 g/mol. The number of fused-ring (bicyclic) bond motifs is 2. The molecule has 1 nitrogen and oxygen atoms in total. The largest absolute Gasteiger partial charge is 0.496 e. The summed E-state index contributed by atoms with van der Waals surface area (Å²) in [4.78, 5) is 0. The van der Waals surface area contributed by atoms with E-state index in [9.17, 15) is 0 Å². The molecule has 36 heavy (non-hydrogen) atoms. The van der Waals surface area contributed by atoms with Crippen molar-refractivity contribution in [3.8, 4) is 16.9 Å². The molecule has 0 fully saturated rings. The number of aryl methyl sites for hydroxylation is 1. The van der Waals surface area contributed by atoms with Gasteiger partial charge in [-0.25, -0.2) is 0 Å². The second-order valence-corrected chi connectivity index (χ2v) is 11.2. The van der Waals surface area contributed by atoms with Crippen molar-refractivity contribution in [2.45, 2.75) is 6.92 Å². The number of hydrogen-bond acceptors (Lipinski definition) is 1. The average Bonchev–Trinajstić information content (AvgIpc) is 2.94. The van der Waals surface area contributed by atoms with Crippen LogP contribution in [0.5, 0.6) is 5.75 Å². The van der Waals surface area contributed by atoms with Gasteiger partial charge in [0.05, 0.1) is 7.11 Å². The van der Waals surface area contributed by atoms with Gasteiger partial charge < -0.3 is 4.74 Å². The van der Waals surface area contributed by atoms with Gasteiger partial charge in [-0.15, -0.1) is 0 Å². The van der Waals surface area contributed by atoms with Gasteiger partial charge in [-0.3, -0.25) is 0 Å². The van der Waals surface area contributed by atoms with Crippen molar-refractivity contribution < 1.29 is 4.74 Å². The summed E-state index contributed by atoms with van der Waals surface area (Å²) in [5, 5.41) is 8.99. The highest BCUT2D eigenvalue weighted by Crippen LogP contribution is 2.45. The topological polar surface area (TPSA) is 9.23 Å². The van der Waals surface area contributed by atoms with Crippen molar-refractivity contribution in [1.29, 1.82) is 0 Å². The minimum atomic E-state index is -0.813. The van der Waals surface area contributed by atoms with E-state index in [1.807, 2.05) is 0 Å². The Morgan fingerprint density at radius 2 is 1.08 bits per heavy atom. The molecule has 1 atom stereocenters. The van der Waals surface area contributed by atoms with Gasteiger partial charge in [0, 0.05) is 11.1 Å². The summed E-state index contributed by atoms with van der Waals surface area (Å²) in [6.45, 7) is 2.23. The molecule has 0 saturated heterocycles. The van der Waals surface area contributed by atoms with Crippen LogP contribution in [0, 0.1) is 6.92 Å². The van der Waals surface area contributed by atoms with E-state index in [-0.39, 0.29) is 0 Å². The van der Waals surface area contributed by atoms with Crippen LogP contribution in [0.2, 0.25) is 0 Å². The predicted molar refractivity (Wildman–Crippen MR) is 157 cm³/mol. The zero-order chi connectivity index (χ0) is 24.5. The molecule has 0 aliphatic carbocycles. The molecule has 0 aromatic heterocycles. The van der Waals surface area contributed by atoms with Gasteiger partial charge in [0.25, 0.3) is 0 Å². The molecule has 6 aromatic rings. The molecule has 6 rings (SSSR count). The lowest BCUT2D eigenvalue weighted by Crippen LogP contribution is -2.24. The molecule has 0 saturated carbocycles. The third kappa shape index (κ3) is 3.87. The van der Waals surface area contributed by atoms with E-state index in [1.165, 1.54) is 54.1 Å². The molecular formula is C34H27OP. The van der Waals surface area contributed by atoms with Crippen molar-refractivity contribution in [3.05, 3.63) is 133 Å². The van der Waals surface area contributed by atoms with Crippen molar-refractivity contribution in [3.63, 3.8) is 0 Å². The fourth-order valence-corrected chi connectivity index (χ4v) is 7.82. The first-order valence-electron chi connectivity index (χ1n) is 12.2. The summed E-state index contributed by atoms with van der Waals surface area (Å²) in [5.41, 5.74) is 3.75. The Kier molecular flexibility index (Phi) is 6.01. The van der Waals surface area contributed by atoms with Crippen molar-refractivity contribution in [2.75, 3.05) is 7.11 Å². The molecule has 6 aromatic carbocycles. The molecule has 0 amide bonds. The quantitative estimate of drug-likeness (QED) is 0.228. The number of rotatable bonds is 5. The van der Waals surface area contributed by atoms with E-state index >= 15 is 0 Å². The average molecular weight is 483 g/mol. The second-order valence-electron chi connectivity index (χ2n) is 9.00. The van der Waals surface area contributed by atoms with Crippen LogP contribution in [-0.4, -0.2) is 7.11 Å². The standard InChI is InChI=1S/C34H27OP/c1-24-12-6-11-19-31(24)36(27-15-4-3-5-16-27)32-23-21-26-14-8-10-18-29(26)34(32)33-28-17-9-7-13-25(28)20-22-30(33)35-2/h3-23H,1-2H3. The maximum Gasteiger partial charge on any atom is 0.127 e. The Balaban J connectivity index is 1.78. The minimum Gasteiger partial charge on any atom is -0.496 e. The number of hydrogen-bond donors (Lipinski definition) is 0. The molecule has 1 unspecified atom stereocenters. The van der Waals surface area contributed by atoms with E-state index in [1.54, 1.807) is 7.11 Å². The SMILES string of the molecule is COc1ccc2ccccc2c1-c1c(P(c2ccccc2)c2ccccc2C)ccc2ccccc12. The van der Waals surface area contributed by atoms with Crippen LogP contribution in [0.1, 0.15) is 5.56 Å². The molecule has 0 bridgehead atoms. The lowest BCUT2D eigenvalue weighted by atomic mass is 9.93. The Morgan fingerprint density at radius 1 is 0.500 bits per heavy atom. The van der Waals surface area contributed by atoms with E-state index < -0.39 is 7.92 Å². The van der Waals surface area contributed by atoms with Gasteiger partial charge in [-0.2, -0.15) is 0 Å². The summed E-state index contributed by atoms with van der Waals surface area (Å²) in [7, 11) is 0.965. The number of benzene rings is 6. The van der Waals surface area contributed by atoms with E-state index in [2.05, 4.69) is 134 Å². The van der Waals surface area contributed by atoms with Crippen molar-refractivity contribution in [2.24, 2.45) is 0 Å². The number of ether oxygens (including phenoxy) is 1. The second kappa shape index (κ2) is 9.61. The van der Waals surface area contributed by atoms with Crippen LogP contribution in [0.25, 0.3) is 32.7 Å². The molecule has 0 aliphatic heterocycles. The van der Waals surface area contributed by atoms with E-state index in [4.69, 9.17) is 4.74 Å². The molecule has 0 heterocycles. The molecule has 2 heteroatoms. The molecule has 0 N–H and O–H groups in total. The lowest BCUT2D eigenvalue weighted by molar-refractivity contribution is 0.417. The Morgan fingerprint density at radius 3 is 1.78 bits per heavy atom. The highest BCUT2D eigenvalue weighted by atomic mass is 31.1. The number of methoxy groups -OCH3 is 1. The van der Waals surface area contributed by atoms with Crippen LogP contribution in [0.3, 0.4) is 0 Å². The first-order valence-corrected chi connectivity index (χ1v) is 13.6. The highest BCUT2D eigenvalue weighted by molar-refractivity contribution is 7.80. The van der Waals surface area contributed by atoms with Gasteiger partial charge in [-0.1, -0.05) is 121 Å². The van der Waals surface area contributed by atoms with Gasteiger partial charge in [-0.05, 0) is 63.9 Å². The highest BCUT2D eigenvalue weighted by Gasteiger charge is 2.25. The van der Waals surface area contributed by atoms with Crippen LogP contribution in [0.15, 0.2) is 127 Å². The lowest BCUT2D eigenvalue weighted by Gasteiger charge is -2.26. The first kappa shape index (κ1) is 22.5. The Labute approximate surface area is 213 Å². The fourth-order valence-electron chi connectivity index (χ4n) is 5.19.